The van der Waals surface area contributed by atoms with Gasteiger partial charge in [0.15, 0.2) is 0 Å². The fourth-order valence-electron chi connectivity index (χ4n) is 1.62. The first-order valence-electron chi connectivity index (χ1n) is 3.90. The van der Waals surface area contributed by atoms with E-state index in [4.69, 9.17) is 11.6 Å². The smallest absolute Gasteiger partial charge is 0.0502 e. The molecule has 0 amide bonds. The van der Waals surface area contributed by atoms with Crippen molar-refractivity contribution in [2.24, 2.45) is 7.05 Å². The lowest BCUT2D eigenvalue weighted by atomic mass is 10.2. The average Bonchev–Trinajstić information content (AvgIpc) is 2.29. The number of hydrogen-bond acceptors (Lipinski definition) is 0. The first-order valence-corrected chi connectivity index (χ1v) is 4.28. The highest BCUT2D eigenvalue weighted by molar-refractivity contribution is 6.35. The summed E-state index contributed by atoms with van der Waals surface area (Å²) in [6.07, 6.45) is 2.09. The van der Waals surface area contributed by atoms with Gasteiger partial charge in [-0.25, -0.2) is 0 Å². The van der Waals surface area contributed by atoms with Crippen LogP contribution in [0, 0.1) is 6.92 Å². The highest BCUT2D eigenvalue weighted by Gasteiger charge is 2.04. The lowest BCUT2D eigenvalue weighted by Crippen LogP contribution is -1.82. The maximum Gasteiger partial charge on any atom is 0.0502 e. The fraction of sp³-hybridized carbons (Fsp3) is 0.200. The predicted molar refractivity (Wildman–Crippen MR) is 52.7 cm³/mol. The Morgan fingerprint density at radius 3 is 2.75 bits per heavy atom. The summed E-state index contributed by atoms with van der Waals surface area (Å²) in [5.74, 6) is 0. The van der Waals surface area contributed by atoms with E-state index in [1.54, 1.807) is 0 Å². The van der Waals surface area contributed by atoms with Crippen LogP contribution in [-0.2, 0) is 7.05 Å². The minimum Gasteiger partial charge on any atom is -0.350 e. The standard InChI is InChI=1S/C10H10ClN/c1-7-6-12(2)9-5-3-4-8(11)10(7)9/h3-6H,1-2H3. The predicted octanol–water partition coefficient (Wildman–Crippen LogP) is 3.14. The van der Waals surface area contributed by atoms with E-state index in [0.717, 1.165) is 5.02 Å². The molecule has 0 N–H and O–H groups in total. The number of aromatic nitrogens is 1. The van der Waals surface area contributed by atoms with Crippen LogP contribution in [0.3, 0.4) is 0 Å². The van der Waals surface area contributed by atoms with Gasteiger partial charge in [0, 0.05) is 24.1 Å². The third-order valence-corrected chi connectivity index (χ3v) is 2.47. The van der Waals surface area contributed by atoms with Crippen molar-refractivity contribution >= 4 is 22.5 Å². The molecule has 0 saturated carbocycles. The first-order chi connectivity index (χ1) is 5.70. The Hall–Kier alpha value is -0.950. The Labute approximate surface area is 76.6 Å². The number of benzene rings is 1. The van der Waals surface area contributed by atoms with Crippen LogP contribution in [0.4, 0.5) is 0 Å². The molecule has 1 nitrogen and oxygen atoms in total. The highest BCUT2D eigenvalue weighted by Crippen LogP contribution is 2.27. The Kier molecular flexibility index (Phi) is 1.62. The zero-order valence-electron chi connectivity index (χ0n) is 7.13. The van der Waals surface area contributed by atoms with Gasteiger partial charge in [-0.3, -0.25) is 0 Å². The summed E-state index contributed by atoms with van der Waals surface area (Å²) < 4.78 is 2.09. The number of nitrogens with zero attached hydrogens (tertiary/aromatic N) is 1. The van der Waals surface area contributed by atoms with E-state index in [9.17, 15) is 0 Å². The molecule has 2 aromatic rings. The minimum absolute atomic E-state index is 0.839. The second kappa shape index (κ2) is 2.53. The molecule has 0 bridgehead atoms. The molecule has 12 heavy (non-hydrogen) atoms. The van der Waals surface area contributed by atoms with E-state index in [2.05, 4.69) is 23.8 Å². The van der Waals surface area contributed by atoms with E-state index in [1.165, 1.54) is 16.5 Å². The molecular formula is C10H10ClN. The summed E-state index contributed by atoms with van der Waals surface area (Å²) in [7, 11) is 2.03. The lowest BCUT2D eigenvalue weighted by Gasteiger charge is -1.96. The van der Waals surface area contributed by atoms with Crippen molar-refractivity contribution in [3.63, 3.8) is 0 Å². The average molecular weight is 180 g/mol. The molecule has 0 aliphatic rings. The van der Waals surface area contributed by atoms with Gasteiger partial charge < -0.3 is 4.57 Å². The molecular weight excluding hydrogens is 170 g/mol. The van der Waals surface area contributed by atoms with Crippen molar-refractivity contribution in [1.29, 1.82) is 0 Å². The van der Waals surface area contributed by atoms with Gasteiger partial charge in [-0.05, 0) is 24.6 Å². The first kappa shape index (κ1) is 7.69. The molecule has 0 atom stereocenters. The Morgan fingerprint density at radius 2 is 2.08 bits per heavy atom. The molecule has 0 aliphatic carbocycles. The number of rotatable bonds is 0. The molecule has 1 aromatic heterocycles. The number of fused-ring (bicyclic) bond motifs is 1. The van der Waals surface area contributed by atoms with Gasteiger partial charge in [-0.1, -0.05) is 17.7 Å². The number of aryl methyl sites for hydroxylation is 2. The molecule has 62 valence electrons. The summed E-state index contributed by atoms with van der Waals surface area (Å²) in [6, 6.07) is 5.98. The van der Waals surface area contributed by atoms with Gasteiger partial charge in [-0.2, -0.15) is 0 Å². The van der Waals surface area contributed by atoms with Crippen LogP contribution in [0.1, 0.15) is 5.56 Å². The van der Waals surface area contributed by atoms with Crippen molar-refractivity contribution in [1.82, 2.24) is 4.57 Å². The second-order valence-electron chi connectivity index (χ2n) is 3.06. The molecule has 0 fully saturated rings. The maximum atomic E-state index is 6.06. The molecule has 1 aromatic carbocycles. The molecule has 0 unspecified atom stereocenters. The zero-order valence-corrected chi connectivity index (χ0v) is 7.89. The van der Waals surface area contributed by atoms with Crippen molar-refractivity contribution in [3.8, 4) is 0 Å². The van der Waals surface area contributed by atoms with Crippen LogP contribution < -0.4 is 0 Å². The van der Waals surface area contributed by atoms with Gasteiger partial charge >= 0.3 is 0 Å². The fourth-order valence-corrected chi connectivity index (χ4v) is 1.94. The normalized spacial score (nSPS) is 10.9. The minimum atomic E-state index is 0.839. The summed E-state index contributed by atoms with van der Waals surface area (Å²) in [6.45, 7) is 2.08. The van der Waals surface area contributed by atoms with Crippen molar-refractivity contribution in [2.75, 3.05) is 0 Å². The molecule has 2 heteroatoms. The molecule has 0 saturated heterocycles. The molecule has 0 aliphatic heterocycles. The van der Waals surface area contributed by atoms with E-state index < -0.39 is 0 Å². The Balaban J connectivity index is 2.99. The van der Waals surface area contributed by atoms with E-state index >= 15 is 0 Å². The summed E-state index contributed by atoms with van der Waals surface area (Å²) in [5.41, 5.74) is 2.43. The van der Waals surface area contributed by atoms with Crippen LogP contribution in [0.5, 0.6) is 0 Å². The largest absolute Gasteiger partial charge is 0.350 e. The van der Waals surface area contributed by atoms with Gasteiger partial charge in [0.25, 0.3) is 0 Å². The number of hydrogen-bond donors (Lipinski definition) is 0. The van der Waals surface area contributed by atoms with Crippen LogP contribution in [-0.4, -0.2) is 4.57 Å². The van der Waals surface area contributed by atoms with Crippen molar-refractivity contribution in [3.05, 3.63) is 35.0 Å². The Morgan fingerprint density at radius 1 is 1.33 bits per heavy atom. The van der Waals surface area contributed by atoms with E-state index in [-0.39, 0.29) is 0 Å². The Bertz CT molecular complexity index is 429. The quantitative estimate of drug-likeness (QED) is 0.586. The van der Waals surface area contributed by atoms with Gasteiger partial charge in [0.1, 0.15) is 0 Å². The SMILES string of the molecule is Cc1cn(C)c2cccc(Cl)c12. The zero-order chi connectivity index (χ0) is 8.72. The molecule has 2 rings (SSSR count). The molecule has 1 heterocycles. The van der Waals surface area contributed by atoms with E-state index in [1.807, 2.05) is 19.2 Å². The summed E-state index contributed by atoms with van der Waals surface area (Å²) in [5, 5.41) is 2.01. The highest BCUT2D eigenvalue weighted by atomic mass is 35.5. The monoisotopic (exact) mass is 179 g/mol. The summed E-state index contributed by atoms with van der Waals surface area (Å²) >= 11 is 6.06. The van der Waals surface area contributed by atoms with Crippen LogP contribution in [0.25, 0.3) is 10.9 Å². The van der Waals surface area contributed by atoms with Crippen LogP contribution in [0.15, 0.2) is 24.4 Å². The molecule has 0 spiro atoms. The van der Waals surface area contributed by atoms with Crippen LogP contribution in [0.2, 0.25) is 5.02 Å². The van der Waals surface area contributed by atoms with Gasteiger partial charge in [0.2, 0.25) is 0 Å². The summed E-state index contributed by atoms with van der Waals surface area (Å²) in [4.78, 5) is 0. The van der Waals surface area contributed by atoms with Gasteiger partial charge in [-0.15, -0.1) is 0 Å². The third-order valence-electron chi connectivity index (χ3n) is 2.15. The van der Waals surface area contributed by atoms with Crippen LogP contribution >= 0.6 is 11.6 Å². The third kappa shape index (κ3) is 0.935. The molecule has 0 radical (unpaired) electrons. The van der Waals surface area contributed by atoms with Gasteiger partial charge in [0.05, 0.1) is 5.02 Å². The maximum absolute atomic E-state index is 6.06. The van der Waals surface area contributed by atoms with E-state index in [0.29, 0.717) is 0 Å². The second-order valence-corrected chi connectivity index (χ2v) is 3.46. The van der Waals surface area contributed by atoms with Crippen molar-refractivity contribution < 1.29 is 0 Å². The number of halogens is 1. The van der Waals surface area contributed by atoms with Crippen molar-refractivity contribution in [2.45, 2.75) is 6.92 Å². The lowest BCUT2D eigenvalue weighted by molar-refractivity contribution is 0.964. The topological polar surface area (TPSA) is 4.93 Å².